The normalized spacial score (nSPS) is 13.9. The summed E-state index contributed by atoms with van der Waals surface area (Å²) in [6, 6.07) is 19.1. The number of para-hydroxylation sites is 2. The maximum absolute atomic E-state index is 12.9. The zero-order valence-corrected chi connectivity index (χ0v) is 17.0. The highest BCUT2D eigenvalue weighted by Crippen LogP contribution is 2.22. The SMILES string of the molecule is Cc1cc(C)n(-c2ccccc2NC(=O)C2=NN(Cc3ccccc3)C(=O)CC2)n1. The van der Waals surface area contributed by atoms with Gasteiger partial charge in [-0.05, 0) is 37.6 Å². The van der Waals surface area contributed by atoms with E-state index in [-0.39, 0.29) is 18.2 Å². The lowest BCUT2D eigenvalue weighted by molar-refractivity contribution is -0.132. The molecule has 0 atom stereocenters. The third-order valence-electron chi connectivity index (χ3n) is 4.93. The largest absolute Gasteiger partial charge is 0.319 e. The van der Waals surface area contributed by atoms with E-state index in [1.165, 1.54) is 5.01 Å². The van der Waals surface area contributed by atoms with Crippen LogP contribution in [-0.4, -0.2) is 32.3 Å². The summed E-state index contributed by atoms with van der Waals surface area (Å²) in [4.78, 5) is 25.2. The third-order valence-corrected chi connectivity index (χ3v) is 4.93. The molecule has 0 saturated carbocycles. The summed E-state index contributed by atoms with van der Waals surface area (Å²) in [6.45, 7) is 4.25. The Bertz CT molecular complexity index is 1120. The van der Waals surface area contributed by atoms with E-state index < -0.39 is 0 Å². The van der Waals surface area contributed by atoms with Gasteiger partial charge in [-0.1, -0.05) is 42.5 Å². The molecule has 0 unspecified atom stereocenters. The molecule has 4 rings (SSSR count). The van der Waals surface area contributed by atoms with Crippen molar-refractivity contribution in [3.63, 3.8) is 0 Å². The van der Waals surface area contributed by atoms with Crippen LogP contribution in [0.25, 0.3) is 5.69 Å². The van der Waals surface area contributed by atoms with E-state index in [2.05, 4.69) is 15.5 Å². The first kappa shape index (κ1) is 19.6. The number of rotatable bonds is 5. The molecule has 0 fully saturated rings. The molecule has 2 heterocycles. The minimum absolute atomic E-state index is 0.0848. The molecule has 0 radical (unpaired) electrons. The first-order chi connectivity index (χ1) is 14.5. The Morgan fingerprint density at radius 2 is 1.77 bits per heavy atom. The minimum Gasteiger partial charge on any atom is -0.319 e. The summed E-state index contributed by atoms with van der Waals surface area (Å²) in [6.07, 6.45) is 0.580. The lowest BCUT2D eigenvalue weighted by Crippen LogP contribution is -2.36. The molecule has 3 aromatic rings. The minimum atomic E-state index is -0.311. The third kappa shape index (κ3) is 4.15. The van der Waals surface area contributed by atoms with Crippen molar-refractivity contribution < 1.29 is 9.59 Å². The van der Waals surface area contributed by atoms with Crippen LogP contribution in [0.3, 0.4) is 0 Å². The van der Waals surface area contributed by atoms with Crippen LogP contribution in [0.5, 0.6) is 0 Å². The molecule has 0 bridgehead atoms. The van der Waals surface area contributed by atoms with Crippen LogP contribution >= 0.6 is 0 Å². The highest BCUT2D eigenvalue weighted by molar-refractivity contribution is 6.43. The lowest BCUT2D eigenvalue weighted by atomic mass is 10.1. The molecule has 152 valence electrons. The lowest BCUT2D eigenvalue weighted by Gasteiger charge is -2.23. The summed E-state index contributed by atoms with van der Waals surface area (Å²) >= 11 is 0. The predicted molar refractivity (Wildman–Crippen MR) is 115 cm³/mol. The van der Waals surface area contributed by atoms with Gasteiger partial charge < -0.3 is 5.32 Å². The average Bonchev–Trinajstić information content (AvgIpc) is 3.08. The van der Waals surface area contributed by atoms with Crippen molar-refractivity contribution in [2.24, 2.45) is 5.10 Å². The molecule has 2 aromatic carbocycles. The number of hydrazone groups is 1. The topological polar surface area (TPSA) is 79.6 Å². The molecule has 1 aliphatic rings. The Balaban J connectivity index is 1.56. The summed E-state index contributed by atoms with van der Waals surface area (Å²) in [5, 5.41) is 13.2. The Morgan fingerprint density at radius 1 is 1.03 bits per heavy atom. The van der Waals surface area contributed by atoms with Gasteiger partial charge in [-0.3, -0.25) is 9.59 Å². The van der Waals surface area contributed by atoms with E-state index in [1.807, 2.05) is 74.5 Å². The summed E-state index contributed by atoms with van der Waals surface area (Å²) in [7, 11) is 0. The molecule has 7 heteroatoms. The summed E-state index contributed by atoms with van der Waals surface area (Å²) in [5.41, 5.74) is 4.61. The maximum atomic E-state index is 12.9. The Labute approximate surface area is 175 Å². The summed E-state index contributed by atoms with van der Waals surface area (Å²) in [5.74, 6) is -0.395. The van der Waals surface area contributed by atoms with Gasteiger partial charge in [0.25, 0.3) is 5.91 Å². The number of nitrogens with zero attached hydrogens (tertiary/aromatic N) is 4. The van der Waals surface area contributed by atoms with E-state index >= 15 is 0 Å². The van der Waals surface area contributed by atoms with Crippen LogP contribution < -0.4 is 5.32 Å². The molecular weight excluding hydrogens is 378 g/mol. The van der Waals surface area contributed by atoms with Gasteiger partial charge in [0.15, 0.2) is 0 Å². The number of anilines is 1. The van der Waals surface area contributed by atoms with Gasteiger partial charge >= 0.3 is 0 Å². The Kier molecular flexibility index (Phi) is 5.43. The van der Waals surface area contributed by atoms with E-state index in [0.29, 0.717) is 24.4 Å². The van der Waals surface area contributed by atoms with Crippen molar-refractivity contribution in [3.8, 4) is 5.69 Å². The number of aryl methyl sites for hydroxylation is 2. The van der Waals surface area contributed by atoms with Crippen molar-refractivity contribution in [3.05, 3.63) is 77.6 Å². The second-order valence-corrected chi connectivity index (χ2v) is 7.29. The Hall–Kier alpha value is -3.74. The van der Waals surface area contributed by atoms with Crippen LogP contribution in [0.4, 0.5) is 5.69 Å². The molecule has 7 nitrogen and oxygen atoms in total. The second kappa shape index (κ2) is 8.32. The first-order valence-electron chi connectivity index (χ1n) is 9.87. The highest BCUT2D eigenvalue weighted by Gasteiger charge is 2.25. The first-order valence-corrected chi connectivity index (χ1v) is 9.87. The number of aromatic nitrogens is 2. The molecule has 30 heavy (non-hydrogen) atoms. The smallest absolute Gasteiger partial charge is 0.271 e. The number of hydrogen-bond acceptors (Lipinski definition) is 4. The second-order valence-electron chi connectivity index (χ2n) is 7.29. The van der Waals surface area contributed by atoms with Gasteiger partial charge in [0, 0.05) is 18.5 Å². The monoisotopic (exact) mass is 401 g/mol. The van der Waals surface area contributed by atoms with Gasteiger partial charge in [-0.25, -0.2) is 9.69 Å². The molecule has 0 aliphatic carbocycles. The van der Waals surface area contributed by atoms with E-state index in [1.54, 1.807) is 4.68 Å². The fourth-order valence-electron chi connectivity index (χ4n) is 3.48. The predicted octanol–water partition coefficient (Wildman–Crippen LogP) is 3.61. The molecule has 1 aliphatic heterocycles. The number of benzene rings is 2. The van der Waals surface area contributed by atoms with Crippen molar-refractivity contribution in [2.75, 3.05) is 5.32 Å². The van der Waals surface area contributed by atoms with Crippen LogP contribution in [-0.2, 0) is 16.1 Å². The molecule has 1 aromatic heterocycles. The van der Waals surface area contributed by atoms with Crippen molar-refractivity contribution in [1.29, 1.82) is 0 Å². The van der Waals surface area contributed by atoms with Crippen LogP contribution in [0.1, 0.15) is 29.8 Å². The summed E-state index contributed by atoms with van der Waals surface area (Å²) < 4.78 is 1.80. The van der Waals surface area contributed by atoms with E-state index in [9.17, 15) is 9.59 Å². The molecule has 0 saturated heterocycles. The number of amides is 2. The number of carbonyl (C=O) groups is 2. The standard InChI is InChI=1S/C23H23N5O2/c1-16-14-17(2)28(25-16)21-11-7-6-10-19(21)24-23(30)20-12-13-22(29)27(26-20)15-18-8-4-3-5-9-18/h3-11,14H,12-13,15H2,1-2H3,(H,24,30). The van der Waals surface area contributed by atoms with Gasteiger partial charge in [0.2, 0.25) is 5.91 Å². The van der Waals surface area contributed by atoms with Gasteiger partial charge in [-0.15, -0.1) is 0 Å². The molecule has 0 spiro atoms. The van der Waals surface area contributed by atoms with Crippen LogP contribution in [0, 0.1) is 13.8 Å². The van der Waals surface area contributed by atoms with Crippen molar-refractivity contribution in [1.82, 2.24) is 14.8 Å². The van der Waals surface area contributed by atoms with Gasteiger partial charge in [-0.2, -0.15) is 10.2 Å². The number of hydrogen-bond donors (Lipinski definition) is 1. The molecular formula is C23H23N5O2. The highest BCUT2D eigenvalue weighted by atomic mass is 16.2. The molecule has 2 amide bonds. The van der Waals surface area contributed by atoms with Gasteiger partial charge in [0.05, 0.1) is 23.6 Å². The van der Waals surface area contributed by atoms with E-state index in [4.69, 9.17) is 0 Å². The van der Waals surface area contributed by atoms with Crippen molar-refractivity contribution in [2.45, 2.75) is 33.2 Å². The zero-order chi connectivity index (χ0) is 21.1. The van der Waals surface area contributed by atoms with Crippen LogP contribution in [0.15, 0.2) is 65.8 Å². The van der Waals surface area contributed by atoms with Crippen LogP contribution in [0.2, 0.25) is 0 Å². The fraction of sp³-hybridized carbons (Fsp3) is 0.217. The number of nitrogens with one attached hydrogen (secondary N) is 1. The maximum Gasteiger partial charge on any atom is 0.271 e. The van der Waals surface area contributed by atoms with Crippen molar-refractivity contribution >= 4 is 23.2 Å². The number of carbonyl (C=O) groups excluding carboxylic acids is 2. The zero-order valence-electron chi connectivity index (χ0n) is 17.0. The quantitative estimate of drug-likeness (QED) is 0.709. The van der Waals surface area contributed by atoms with Gasteiger partial charge in [0.1, 0.15) is 5.71 Å². The Morgan fingerprint density at radius 3 is 2.50 bits per heavy atom. The van der Waals surface area contributed by atoms with E-state index in [0.717, 1.165) is 22.6 Å². The fourth-order valence-corrected chi connectivity index (χ4v) is 3.48. The molecule has 1 N–H and O–H groups in total. The average molecular weight is 401 g/mol.